The van der Waals surface area contributed by atoms with Crippen LogP contribution in [0.4, 0.5) is 0 Å². The summed E-state index contributed by atoms with van der Waals surface area (Å²) in [6, 6.07) is 0. The number of nitrogens with one attached hydrogen (secondary N) is 1. The first kappa shape index (κ1) is 12.9. The molecule has 0 saturated heterocycles. The van der Waals surface area contributed by atoms with Crippen molar-refractivity contribution in [1.82, 2.24) is 5.32 Å². The first-order valence-corrected chi connectivity index (χ1v) is 6.29. The second-order valence-electron chi connectivity index (χ2n) is 4.17. The number of hydrogen-bond donors (Lipinski definition) is 1. The molecule has 15 heavy (non-hydrogen) atoms. The number of ether oxygens (including phenoxy) is 2. The van der Waals surface area contributed by atoms with Crippen molar-refractivity contribution in [3.8, 4) is 0 Å². The van der Waals surface area contributed by atoms with E-state index in [0.717, 1.165) is 58.3 Å². The molecule has 0 aromatic heterocycles. The van der Waals surface area contributed by atoms with Gasteiger partial charge in [0.25, 0.3) is 0 Å². The molecule has 1 saturated carbocycles. The minimum atomic E-state index is 0.828. The fourth-order valence-electron chi connectivity index (χ4n) is 1.40. The Morgan fingerprint density at radius 2 is 1.73 bits per heavy atom. The zero-order chi connectivity index (χ0) is 10.8. The zero-order valence-corrected chi connectivity index (χ0v) is 9.96. The highest BCUT2D eigenvalue weighted by Crippen LogP contribution is 2.28. The van der Waals surface area contributed by atoms with Crippen molar-refractivity contribution in [2.45, 2.75) is 32.6 Å². The van der Waals surface area contributed by atoms with Gasteiger partial charge in [0.1, 0.15) is 0 Å². The van der Waals surface area contributed by atoms with Crippen LogP contribution in [0.1, 0.15) is 32.6 Å². The fourth-order valence-corrected chi connectivity index (χ4v) is 1.40. The van der Waals surface area contributed by atoms with Gasteiger partial charge in [0, 0.05) is 26.4 Å². The minimum Gasteiger partial charge on any atom is -0.382 e. The summed E-state index contributed by atoms with van der Waals surface area (Å²) in [5.74, 6) is 0.893. The fraction of sp³-hybridized carbons (Fsp3) is 1.00. The average Bonchev–Trinajstić information content (AvgIpc) is 3.05. The lowest BCUT2D eigenvalue weighted by atomic mass is 10.4. The van der Waals surface area contributed by atoms with Crippen molar-refractivity contribution < 1.29 is 9.47 Å². The molecule has 0 amide bonds. The van der Waals surface area contributed by atoms with Crippen molar-refractivity contribution in [2.75, 3.05) is 39.5 Å². The summed E-state index contributed by atoms with van der Waals surface area (Å²) in [6.07, 6.45) is 5.00. The molecule has 0 heterocycles. The molecule has 1 aliphatic rings. The van der Waals surface area contributed by atoms with Gasteiger partial charge >= 0.3 is 0 Å². The molecule has 0 atom stereocenters. The molecule has 0 aromatic carbocycles. The highest BCUT2D eigenvalue weighted by atomic mass is 16.5. The van der Waals surface area contributed by atoms with Gasteiger partial charge in [-0.2, -0.15) is 0 Å². The number of rotatable bonds is 11. The van der Waals surface area contributed by atoms with Gasteiger partial charge in [0.15, 0.2) is 0 Å². The summed E-state index contributed by atoms with van der Waals surface area (Å²) >= 11 is 0. The standard InChI is InChI=1S/C12H25NO2/c1-2-14-9-3-7-13-8-4-10-15-11-12-5-6-12/h12-13H,2-11H2,1H3. The van der Waals surface area contributed by atoms with Gasteiger partial charge in [0.2, 0.25) is 0 Å². The van der Waals surface area contributed by atoms with Crippen molar-refractivity contribution >= 4 is 0 Å². The second-order valence-corrected chi connectivity index (χ2v) is 4.17. The lowest BCUT2D eigenvalue weighted by molar-refractivity contribution is 0.121. The van der Waals surface area contributed by atoms with E-state index >= 15 is 0 Å². The highest BCUT2D eigenvalue weighted by Gasteiger charge is 2.20. The third kappa shape index (κ3) is 8.85. The second kappa shape index (κ2) is 9.13. The van der Waals surface area contributed by atoms with E-state index in [9.17, 15) is 0 Å². The first-order chi connectivity index (χ1) is 7.43. The van der Waals surface area contributed by atoms with Crippen molar-refractivity contribution in [1.29, 1.82) is 0 Å². The summed E-state index contributed by atoms with van der Waals surface area (Å²) in [4.78, 5) is 0. The Labute approximate surface area is 93.5 Å². The summed E-state index contributed by atoms with van der Waals surface area (Å²) in [5, 5.41) is 3.39. The summed E-state index contributed by atoms with van der Waals surface area (Å²) < 4.78 is 10.8. The molecule has 0 spiro atoms. The maximum absolute atomic E-state index is 5.54. The molecular formula is C12H25NO2. The minimum absolute atomic E-state index is 0.828. The van der Waals surface area contributed by atoms with Gasteiger partial charge in [-0.15, -0.1) is 0 Å². The molecule has 0 aliphatic heterocycles. The zero-order valence-electron chi connectivity index (χ0n) is 9.96. The van der Waals surface area contributed by atoms with E-state index in [1.807, 2.05) is 6.92 Å². The third-order valence-electron chi connectivity index (χ3n) is 2.54. The Morgan fingerprint density at radius 1 is 1.07 bits per heavy atom. The van der Waals surface area contributed by atoms with Crippen LogP contribution in [0.15, 0.2) is 0 Å². The van der Waals surface area contributed by atoms with Crippen LogP contribution in [0.5, 0.6) is 0 Å². The largest absolute Gasteiger partial charge is 0.382 e. The molecule has 1 aliphatic carbocycles. The van der Waals surface area contributed by atoms with Crippen LogP contribution < -0.4 is 5.32 Å². The van der Waals surface area contributed by atoms with Crippen LogP contribution in [0, 0.1) is 5.92 Å². The Morgan fingerprint density at radius 3 is 2.33 bits per heavy atom. The Balaban J connectivity index is 1.62. The van der Waals surface area contributed by atoms with Gasteiger partial charge in [-0.1, -0.05) is 0 Å². The van der Waals surface area contributed by atoms with Gasteiger partial charge < -0.3 is 14.8 Å². The Hall–Kier alpha value is -0.120. The predicted molar refractivity (Wildman–Crippen MR) is 62.1 cm³/mol. The summed E-state index contributed by atoms with van der Waals surface area (Å²) in [7, 11) is 0. The Bertz CT molecular complexity index is 138. The predicted octanol–water partition coefficient (Wildman–Crippen LogP) is 1.82. The van der Waals surface area contributed by atoms with Crippen molar-refractivity contribution in [2.24, 2.45) is 5.92 Å². The van der Waals surface area contributed by atoms with Gasteiger partial charge in [-0.3, -0.25) is 0 Å². The van der Waals surface area contributed by atoms with Crippen LogP contribution in [0.3, 0.4) is 0 Å². The molecule has 0 unspecified atom stereocenters. The number of hydrogen-bond acceptors (Lipinski definition) is 3. The van der Waals surface area contributed by atoms with Crippen LogP contribution in [0.25, 0.3) is 0 Å². The van der Waals surface area contributed by atoms with E-state index < -0.39 is 0 Å². The third-order valence-corrected chi connectivity index (χ3v) is 2.54. The van der Waals surface area contributed by atoms with Crippen LogP contribution in [-0.2, 0) is 9.47 Å². The average molecular weight is 215 g/mol. The maximum atomic E-state index is 5.54. The maximum Gasteiger partial charge on any atom is 0.0494 e. The lowest BCUT2D eigenvalue weighted by Crippen LogP contribution is -2.19. The molecule has 3 nitrogen and oxygen atoms in total. The van der Waals surface area contributed by atoms with E-state index in [1.54, 1.807) is 0 Å². The molecule has 90 valence electrons. The topological polar surface area (TPSA) is 30.5 Å². The molecule has 0 radical (unpaired) electrons. The molecule has 0 aromatic rings. The molecule has 1 fully saturated rings. The van der Waals surface area contributed by atoms with E-state index in [-0.39, 0.29) is 0 Å². The summed E-state index contributed by atoms with van der Waals surface area (Å²) in [5.41, 5.74) is 0. The first-order valence-electron chi connectivity index (χ1n) is 6.29. The van der Waals surface area contributed by atoms with Gasteiger partial charge in [-0.05, 0) is 51.6 Å². The molecule has 0 bridgehead atoms. The van der Waals surface area contributed by atoms with E-state index in [2.05, 4.69) is 5.32 Å². The highest BCUT2D eigenvalue weighted by molar-refractivity contribution is 4.71. The molecule has 1 N–H and O–H groups in total. The van der Waals surface area contributed by atoms with Crippen LogP contribution in [0.2, 0.25) is 0 Å². The molecule has 3 heteroatoms. The molecular weight excluding hydrogens is 190 g/mol. The smallest absolute Gasteiger partial charge is 0.0494 e. The van der Waals surface area contributed by atoms with Gasteiger partial charge in [-0.25, -0.2) is 0 Å². The van der Waals surface area contributed by atoms with E-state index in [1.165, 1.54) is 12.8 Å². The van der Waals surface area contributed by atoms with E-state index in [0.29, 0.717) is 0 Å². The lowest BCUT2D eigenvalue weighted by Gasteiger charge is -2.05. The molecule has 1 rings (SSSR count). The van der Waals surface area contributed by atoms with Crippen LogP contribution >= 0.6 is 0 Å². The monoisotopic (exact) mass is 215 g/mol. The van der Waals surface area contributed by atoms with Crippen LogP contribution in [-0.4, -0.2) is 39.5 Å². The quantitative estimate of drug-likeness (QED) is 0.533. The van der Waals surface area contributed by atoms with Crippen molar-refractivity contribution in [3.05, 3.63) is 0 Å². The normalized spacial score (nSPS) is 15.8. The SMILES string of the molecule is CCOCCCNCCCOCC1CC1. The Kier molecular flexibility index (Phi) is 7.88. The summed E-state index contributed by atoms with van der Waals surface area (Å²) in [6.45, 7) is 7.76. The van der Waals surface area contributed by atoms with Gasteiger partial charge in [0.05, 0.1) is 0 Å². The van der Waals surface area contributed by atoms with Crippen molar-refractivity contribution in [3.63, 3.8) is 0 Å². The van der Waals surface area contributed by atoms with E-state index in [4.69, 9.17) is 9.47 Å².